The van der Waals surface area contributed by atoms with E-state index in [4.69, 9.17) is 14.2 Å². The maximum atomic E-state index is 11.2. The molecule has 1 aromatic carbocycles. The second-order valence-electron chi connectivity index (χ2n) is 5.35. The van der Waals surface area contributed by atoms with E-state index in [-0.39, 0.29) is 18.6 Å². The van der Waals surface area contributed by atoms with Gasteiger partial charge in [-0.25, -0.2) is 0 Å². The van der Waals surface area contributed by atoms with Crippen molar-refractivity contribution in [2.24, 2.45) is 0 Å². The van der Waals surface area contributed by atoms with Gasteiger partial charge in [-0.2, -0.15) is 0 Å². The standard InChI is InChI=1S/C15H19NO5/c1-9(17)16-11-7-19-12-8-20-15(21-14(12)13(11)18)10-5-3-2-4-6-10/h2-6,11-15,18H,7-8H2,1H3,(H,16,17). The van der Waals surface area contributed by atoms with Crippen LogP contribution in [0.5, 0.6) is 0 Å². The minimum Gasteiger partial charge on any atom is -0.388 e. The van der Waals surface area contributed by atoms with Gasteiger partial charge in [-0.1, -0.05) is 30.3 Å². The number of aliphatic hydroxyl groups excluding tert-OH is 1. The van der Waals surface area contributed by atoms with Crippen LogP contribution >= 0.6 is 0 Å². The van der Waals surface area contributed by atoms with E-state index in [9.17, 15) is 9.90 Å². The topological polar surface area (TPSA) is 77.0 Å². The van der Waals surface area contributed by atoms with Gasteiger partial charge in [0.05, 0.1) is 19.3 Å². The Balaban J connectivity index is 1.71. The van der Waals surface area contributed by atoms with Crippen LogP contribution in [0.2, 0.25) is 0 Å². The van der Waals surface area contributed by atoms with E-state index in [0.29, 0.717) is 6.61 Å². The van der Waals surface area contributed by atoms with Crippen molar-refractivity contribution in [3.63, 3.8) is 0 Å². The first-order chi connectivity index (χ1) is 10.1. The van der Waals surface area contributed by atoms with Gasteiger partial charge in [0, 0.05) is 12.5 Å². The minimum atomic E-state index is -0.817. The summed E-state index contributed by atoms with van der Waals surface area (Å²) >= 11 is 0. The number of aliphatic hydroxyl groups is 1. The predicted octanol–water partition coefficient (Wildman–Crippen LogP) is 0.365. The quantitative estimate of drug-likeness (QED) is 0.823. The van der Waals surface area contributed by atoms with Crippen LogP contribution in [0, 0.1) is 0 Å². The Morgan fingerprint density at radius 3 is 2.71 bits per heavy atom. The van der Waals surface area contributed by atoms with Crippen molar-refractivity contribution < 1.29 is 24.1 Å². The normalized spacial score (nSPS) is 35.8. The second-order valence-corrected chi connectivity index (χ2v) is 5.35. The van der Waals surface area contributed by atoms with E-state index in [1.807, 2.05) is 30.3 Å². The van der Waals surface area contributed by atoms with Crippen molar-refractivity contribution in [2.75, 3.05) is 13.2 Å². The molecule has 3 rings (SSSR count). The average molecular weight is 293 g/mol. The van der Waals surface area contributed by atoms with Gasteiger partial charge in [0.25, 0.3) is 0 Å². The molecule has 6 nitrogen and oxygen atoms in total. The van der Waals surface area contributed by atoms with Crippen molar-refractivity contribution >= 4 is 5.91 Å². The molecule has 0 aromatic heterocycles. The molecule has 0 aliphatic carbocycles. The number of benzene rings is 1. The molecule has 1 aromatic rings. The van der Waals surface area contributed by atoms with Crippen LogP contribution < -0.4 is 5.32 Å². The lowest BCUT2D eigenvalue weighted by Gasteiger charge is -2.44. The summed E-state index contributed by atoms with van der Waals surface area (Å²) < 4.78 is 17.1. The number of amides is 1. The molecule has 2 aliphatic rings. The van der Waals surface area contributed by atoms with Crippen molar-refractivity contribution in [2.45, 2.75) is 37.6 Å². The highest BCUT2D eigenvalue weighted by molar-refractivity contribution is 5.73. The summed E-state index contributed by atoms with van der Waals surface area (Å²) in [6, 6.07) is 9.09. The van der Waals surface area contributed by atoms with Gasteiger partial charge >= 0.3 is 0 Å². The molecule has 5 unspecified atom stereocenters. The van der Waals surface area contributed by atoms with Gasteiger partial charge in [-0.3, -0.25) is 4.79 Å². The monoisotopic (exact) mass is 293 g/mol. The molecular formula is C15H19NO5. The van der Waals surface area contributed by atoms with E-state index in [2.05, 4.69) is 5.32 Å². The Hall–Kier alpha value is -1.47. The van der Waals surface area contributed by atoms with Gasteiger partial charge in [0.2, 0.25) is 5.91 Å². The van der Waals surface area contributed by atoms with Crippen LogP contribution in [0.25, 0.3) is 0 Å². The molecule has 0 spiro atoms. The number of ether oxygens (including phenoxy) is 3. The molecular weight excluding hydrogens is 274 g/mol. The molecule has 2 heterocycles. The summed E-state index contributed by atoms with van der Waals surface area (Å²) in [4.78, 5) is 11.2. The molecule has 114 valence electrons. The number of fused-ring (bicyclic) bond motifs is 1. The van der Waals surface area contributed by atoms with E-state index in [1.165, 1.54) is 6.92 Å². The molecule has 21 heavy (non-hydrogen) atoms. The smallest absolute Gasteiger partial charge is 0.217 e. The van der Waals surface area contributed by atoms with E-state index >= 15 is 0 Å². The fourth-order valence-corrected chi connectivity index (χ4v) is 2.72. The van der Waals surface area contributed by atoms with Crippen LogP contribution in [-0.4, -0.2) is 48.6 Å². The Kier molecular flexibility index (Phi) is 4.21. The molecule has 2 aliphatic heterocycles. The van der Waals surface area contributed by atoms with E-state index in [0.717, 1.165) is 5.56 Å². The molecule has 2 N–H and O–H groups in total. The molecule has 6 heteroatoms. The summed E-state index contributed by atoms with van der Waals surface area (Å²) in [6.07, 6.45) is -2.18. The first kappa shape index (κ1) is 14.5. The summed E-state index contributed by atoms with van der Waals surface area (Å²) in [5, 5.41) is 13.1. The molecule has 2 saturated heterocycles. The number of carbonyl (C=O) groups excluding carboxylic acids is 1. The lowest BCUT2D eigenvalue weighted by molar-refractivity contribution is -0.302. The SMILES string of the molecule is CC(=O)NC1COC2COC(c3ccccc3)OC2C1O. The molecule has 0 bridgehead atoms. The molecule has 1 amide bonds. The highest BCUT2D eigenvalue weighted by atomic mass is 16.7. The number of hydrogen-bond acceptors (Lipinski definition) is 5. The van der Waals surface area contributed by atoms with Crippen molar-refractivity contribution in [3.05, 3.63) is 35.9 Å². The predicted molar refractivity (Wildman–Crippen MR) is 73.4 cm³/mol. The molecule has 2 fully saturated rings. The maximum absolute atomic E-state index is 11.2. The molecule has 0 saturated carbocycles. The van der Waals surface area contributed by atoms with Crippen molar-refractivity contribution in [3.8, 4) is 0 Å². The third-order valence-corrected chi connectivity index (χ3v) is 3.76. The van der Waals surface area contributed by atoms with Crippen LogP contribution in [0.15, 0.2) is 30.3 Å². The van der Waals surface area contributed by atoms with Crippen LogP contribution in [0.1, 0.15) is 18.8 Å². The fraction of sp³-hybridized carbons (Fsp3) is 0.533. The number of hydrogen-bond donors (Lipinski definition) is 2. The number of carbonyl (C=O) groups is 1. The van der Waals surface area contributed by atoms with Crippen LogP contribution in [0.3, 0.4) is 0 Å². The summed E-state index contributed by atoms with van der Waals surface area (Å²) in [5.74, 6) is -0.201. The van der Waals surface area contributed by atoms with Gasteiger partial charge in [-0.15, -0.1) is 0 Å². The van der Waals surface area contributed by atoms with Crippen molar-refractivity contribution in [1.82, 2.24) is 5.32 Å². The highest BCUT2D eigenvalue weighted by Crippen LogP contribution is 2.32. The Labute approximate surface area is 123 Å². The number of nitrogens with one attached hydrogen (secondary N) is 1. The van der Waals surface area contributed by atoms with E-state index in [1.54, 1.807) is 0 Å². The van der Waals surface area contributed by atoms with Gasteiger partial charge in [0.15, 0.2) is 6.29 Å². The first-order valence-electron chi connectivity index (χ1n) is 7.04. The number of rotatable bonds is 2. The third-order valence-electron chi connectivity index (χ3n) is 3.76. The van der Waals surface area contributed by atoms with Crippen molar-refractivity contribution in [1.29, 1.82) is 0 Å². The zero-order valence-electron chi connectivity index (χ0n) is 11.8. The molecule has 0 radical (unpaired) electrons. The van der Waals surface area contributed by atoms with E-state index < -0.39 is 24.5 Å². The largest absolute Gasteiger partial charge is 0.388 e. The van der Waals surface area contributed by atoms with Gasteiger partial charge in [-0.05, 0) is 0 Å². The van der Waals surface area contributed by atoms with Gasteiger partial charge < -0.3 is 24.6 Å². The lowest BCUT2D eigenvalue weighted by Crippen LogP contribution is -2.62. The Bertz CT molecular complexity index is 494. The zero-order valence-corrected chi connectivity index (χ0v) is 11.8. The van der Waals surface area contributed by atoms with Crippen LogP contribution in [0.4, 0.5) is 0 Å². The fourth-order valence-electron chi connectivity index (χ4n) is 2.72. The Morgan fingerprint density at radius 2 is 2.00 bits per heavy atom. The highest BCUT2D eigenvalue weighted by Gasteiger charge is 2.45. The Morgan fingerprint density at radius 1 is 1.24 bits per heavy atom. The maximum Gasteiger partial charge on any atom is 0.217 e. The average Bonchev–Trinajstić information content (AvgIpc) is 2.50. The third kappa shape index (κ3) is 3.08. The summed E-state index contributed by atoms with van der Waals surface area (Å²) in [7, 11) is 0. The minimum absolute atomic E-state index is 0.201. The van der Waals surface area contributed by atoms with Gasteiger partial charge in [0.1, 0.15) is 18.3 Å². The lowest BCUT2D eigenvalue weighted by atomic mass is 9.97. The first-order valence-corrected chi connectivity index (χ1v) is 7.04. The zero-order chi connectivity index (χ0) is 14.8. The molecule has 5 atom stereocenters. The second kappa shape index (κ2) is 6.11. The van der Waals surface area contributed by atoms with Crippen LogP contribution in [-0.2, 0) is 19.0 Å². The summed E-state index contributed by atoms with van der Waals surface area (Å²) in [5.41, 5.74) is 0.893. The summed E-state index contributed by atoms with van der Waals surface area (Å²) in [6.45, 7) is 2.02.